The Labute approximate surface area is 607 Å². The van der Waals surface area contributed by atoms with Crippen LogP contribution in [0, 0.1) is 11.8 Å². The summed E-state index contributed by atoms with van der Waals surface area (Å²) in [6.45, 7) is 9.71. The van der Waals surface area contributed by atoms with E-state index in [9.17, 15) is 43.2 Å². The molecule has 7 atom stereocenters. The fourth-order valence-corrected chi connectivity index (χ4v) is 13.9. The predicted octanol–water partition coefficient (Wildman–Crippen LogP) is 23.9. The van der Waals surface area contributed by atoms with Crippen molar-refractivity contribution < 1.29 is 80.2 Å². The molecule has 0 saturated carbocycles. The SMILES string of the molecule is CCCCCCCCCCCCCCCCCC(=O)OC[C@H](COP(=O)(O)OC[C@@H](O)COP(=O)(O)OC[C@@H](COC(=O)CCCCCCCCCCCCCC)OC(=O)CCCCCCCCCCCCC(C)CC)OC(=O)CCCCCCCCCCCCCCCCC(C)CC. The summed E-state index contributed by atoms with van der Waals surface area (Å²) in [4.78, 5) is 73.0. The van der Waals surface area contributed by atoms with Gasteiger partial charge in [-0.15, -0.1) is 0 Å². The highest BCUT2D eigenvalue weighted by Crippen LogP contribution is 2.45. The first-order valence-corrected chi connectivity index (χ1v) is 44.6. The lowest BCUT2D eigenvalue weighted by atomic mass is 9.99. The number of esters is 4. The molecule has 0 spiro atoms. The fraction of sp³-hybridized carbons (Fsp3) is 0.950. The van der Waals surface area contributed by atoms with Crippen LogP contribution in [0.3, 0.4) is 0 Å². The zero-order chi connectivity index (χ0) is 72.8. The number of carbonyl (C=O) groups excluding carboxylic acids is 4. The van der Waals surface area contributed by atoms with Crippen molar-refractivity contribution in [2.45, 2.75) is 439 Å². The van der Waals surface area contributed by atoms with Crippen LogP contribution in [0.15, 0.2) is 0 Å². The van der Waals surface area contributed by atoms with Gasteiger partial charge in [0.15, 0.2) is 12.2 Å². The lowest BCUT2D eigenvalue weighted by Gasteiger charge is -2.21. The van der Waals surface area contributed by atoms with Crippen LogP contribution in [-0.2, 0) is 65.4 Å². The maximum absolute atomic E-state index is 13.1. The standard InChI is InChI=1S/C80H156O17P2/c1-7-11-13-15-17-19-21-23-24-28-32-39-45-51-57-63-78(83)91-68-75(96-79(84)64-58-52-46-40-33-29-26-25-27-30-36-42-48-54-60-72(5)9-3)70-94-98(86,87)92-66-74(81)67-93-99(88,89)95-71-76(69-90-77(82)62-56-50-44-38-31-22-20-18-16-14-12-8-2)97-80(85)65-59-53-47-41-35-34-37-43-49-55-61-73(6)10-4/h72-76,81H,7-71H2,1-6H3,(H,86,87)(H,88,89)/t72?,73?,74-,75-,76-/m1/s1. The van der Waals surface area contributed by atoms with E-state index in [0.29, 0.717) is 25.7 Å². The highest BCUT2D eigenvalue weighted by molar-refractivity contribution is 7.47. The van der Waals surface area contributed by atoms with Crippen molar-refractivity contribution in [3.8, 4) is 0 Å². The summed E-state index contributed by atoms with van der Waals surface area (Å²) in [5, 5.41) is 10.6. The van der Waals surface area contributed by atoms with Crippen LogP contribution in [0.4, 0.5) is 0 Å². The van der Waals surface area contributed by atoms with Crippen molar-refractivity contribution in [2.75, 3.05) is 39.6 Å². The molecular weight excluding hydrogens is 1290 g/mol. The Hall–Kier alpha value is -1.94. The Morgan fingerprint density at radius 3 is 0.717 bits per heavy atom. The summed E-state index contributed by atoms with van der Waals surface area (Å²) in [6.07, 6.45) is 60.7. The fourth-order valence-electron chi connectivity index (χ4n) is 12.3. The minimum Gasteiger partial charge on any atom is -0.462 e. The van der Waals surface area contributed by atoms with E-state index in [0.717, 1.165) is 102 Å². The molecule has 17 nitrogen and oxygen atoms in total. The summed E-state index contributed by atoms with van der Waals surface area (Å²) in [5.74, 6) is -0.458. The van der Waals surface area contributed by atoms with Crippen LogP contribution in [0.25, 0.3) is 0 Å². The first-order valence-electron chi connectivity index (χ1n) is 41.6. The van der Waals surface area contributed by atoms with Crippen LogP contribution in [0.1, 0.15) is 420 Å². The molecule has 0 aromatic carbocycles. The molecule has 4 unspecified atom stereocenters. The first-order chi connectivity index (χ1) is 47.9. The van der Waals surface area contributed by atoms with E-state index in [1.54, 1.807) is 0 Å². The molecule has 0 aliphatic carbocycles. The molecule has 0 amide bonds. The van der Waals surface area contributed by atoms with Gasteiger partial charge in [-0.25, -0.2) is 9.13 Å². The highest BCUT2D eigenvalue weighted by Gasteiger charge is 2.30. The molecule has 0 fully saturated rings. The second-order valence-corrected chi connectivity index (χ2v) is 32.2. The summed E-state index contributed by atoms with van der Waals surface area (Å²) in [6, 6.07) is 0. The molecule has 19 heteroatoms. The average Bonchev–Trinajstić information content (AvgIpc) is 1.21. The highest BCUT2D eigenvalue weighted by atomic mass is 31.2. The van der Waals surface area contributed by atoms with Crippen molar-refractivity contribution in [1.82, 2.24) is 0 Å². The predicted molar refractivity (Wildman–Crippen MR) is 405 cm³/mol. The largest absolute Gasteiger partial charge is 0.472 e. The third-order valence-corrected chi connectivity index (χ3v) is 21.3. The number of aliphatic hydroxyl groups excluding tert-OH is 1. The molecular formula is C80H156O17P2. The Morgan fingerprint density at radius 2 is 0.485 bits per heavy atom. The molecule has 588 valence electrons. The number of aliphatic hydroxyl groups is 1. The number of phosphoric ester groups is 2. The maximum atomic E-state index is 13.1. The van der Waals surface area contributed by atoms with Crippen molar-refractivity contribution in [1.29, 1.82) is 0 Å². The van der Waals surface area contributed by atoms with Crippen LogP contribution in [0.2, 0.25) is 0 Å². The van der Waals surface area contributed by atoms with Gasteiger partial charge in [0, 0.05) is 25.7 Å². The Bertz CT molecular complexity index is 1910. The molecule has 99 heavy (non-hydrogen) atoms. The minimum absolute atomic E-state index is 0.107. The third kappa shape index (κ3) is 71.5. The minimum atomic E-state index is -4.96. The zero-order valence-corrected chi connectivity index (χ0v) is 66.6. The summed E-state index contributed by atoms with van der Waals surface area (Å²) in [5.41, 5.74) is 0. The Morgan fingerprint density at radius 1 is 0.283 bits per heavy atom. The van der Waals surface area contributed by atoms with E-state index in [2.05, 4.69) is 41.5 Å². The number of hydrogen-bond donors (Lipinski definition) is 3. The van der Waals surface area contributed by atoms with E-state index >= 15 is 0 Å². The molecule has 0 saturated heterocycles. The Balaban J connectivity index is 5.27. The number of ether oxygens (including phenoxy) is 4. The van der Waals surface area contributed by atoms with Gasteiger partial charge in [0.1, 0.15) is 19.3 Å². The van der Waals surface area contributed by atoms with Crippen molar-refractivity contribution in [3.63, 3.8) is 0 Å². The van der Waals surface area contributed by atoms with Gasteiger partial charge in [0.05, 0.1) is 26.4 Å². The average molecular weight is 1450 g/mol. The van der Waals surface area contributed by atoms with E-state index in [1.165, 1.54) is 238 Å². The third-order valence-electron chi connectivity index (χ3n) is 19.4. The van der Waals surface area contributed by atoms with E-state index < -0.39 is 97.5 Å². The molecule has 0 rings (SSSR count). The molecule has 0 aliphatic rings. The summed E-state index contributed by atoms with van der Waals surface area (Å²) >= 11 is 0. The maximum Gasteiger partial charge on any atom is 0.472 e. The van der Waals surface area contributed by atoms with Crippen LogP contribution < -0.4 is 0 Å². The molecule has 0 aromatic heterocycles. The van der Waals surface area contributed by atoms with E-state index in [-0.39, 0.29) is 25.7 Å². The van der Waals surface area contributed by atoms with Crippen LogP contribution >= 0.6 is 15.6 Å². The summed E-state index contributed by atoms with van der Waals surface area (Å²) in [7, 11) is -9.92. The lowest BCUT2D eigenvalue weighted by molar-refractivity contribution is -0.161. The Kier molecular flexibility index (Phi) is 70.3. The molecule has 0 heterocycles. The van der Waals surface area contributed by atoms with Gasteiger partial charge in [-0.3, -0.25) is 37.3 Å². The van der Waals surface area contributed by atoms with Gasteiger partial charge in [-0.1, -0.05) is 369 Å². The van der Waals surface area contributed by atoms with Crippen molar-refractivity contribution in [3.05, 3.63) is 0 Å². The van der Waals surface area contributed by atoms with Gasteiger partial charge in [-0.05, 0) is 37.5 Å². The van der Waals surface area contributed by atoms with Gasteiger partial charge in [0.25, 0.3) is 0 Å². The number of carbonyl (C=O) groups is 4. The second kappa shape index (κ2) is 71.7. The van der Waals surface area contributed by atoms with Gasteiger partial charge < -0.3 is 33.8 Å². The lowest BCUT2D eigenvalue weighted by Crippen LogP contribution is -2.30. The van der Waals surface area contributed by atoms with Crippen molar-refractivity contribution >= 4 is 39.5 Å². The molecule has 0 radical (unpaired) electrons. The summed E-state index contributed by atoms with van der Waals surface area (Å²) < 4.78 is 68.7. The van der Waals surface area contributed by atoms with E-state index in [1.807, 2.05) is 0 Å². The number of unbranched alkanes of at least 4 members (excludes halogenated alkanes) is 47. The first kappa shape index (κ1) is 97.1. The molecule has 3 N–H and O–H groups in total. The smallest absolute Gasteiger partial charge is 0.462 e. The number of hydrogen-bond acceptors (Lipinski definition) is 15. The van der Waals surface area contributed by atoms with Gasteiger partial charge in [-0.2, -0.15) is 0 Å². The van der Waals surface area contributed by atoms with E-state index in [4.69, 9.17) is 37.0 Å². The molecule has 0 aromatic rings. The van der Waals surface area contributed by atoms with Crippen molar-refractivity contribution in [2.24, 2.45) is 11.8 Å². The zero-order valence-electron chi connectivity index (χ0n) is 64.8. The van der Waals surface area contributed by atoms with Crippen LogP contribution in [0.5, 0.6) is 0 Å². The monoisotopic (exact) mass is 1450 g/mol. The van der Waals surface area contributed by atoms with Crippen LogP contribution in [-0.4, -0.2) is 96.7 Å². The number of rotatable bonds is 79. The number of phosphoric acid groups is 2. The van der Waals surface area contributed by atoms with Gasteiger partial charge >= 0.3 is 39.5 Å². The van der Waals surface area contributed by atoms with Gasteiger partial charge in [0.2, 0.25) is 0 Å². The topological polar surface area (TPSA) is 237 Å². The normalized spacial score (nSPS) is 14.5. The quantitative estimate of drug-likeness (QED) is 0.0222. The second-order valence-electron chi connectivity index (χ2n) is 29.3. The molecule has 0 aliphatic heterocycles. The molecule has 0 bridgehead atoms.